The van der Waals surface area contributed by atoms with Crippen LogP contribution in [0.25, 0.3) is 22.7 Å². The van der Waals surface area contributed by atoms with E-state index < -0.39 is 0 Å². The second kappa shape index (κ2) is 8.74. The average Bonchev–Trinajstić information content (AvgIpc) is 3.15. The Labute approximate surface area is 187 Å². The van der Waals surface area contributed by atoms with Crippen molar-refractivity contribution in [2.75, 3.05) is 0 Å². The number of ether oxygens (including phenoxy) is 1. The van der Waals surface area contributed by atoms with Crippen LogP contribution in [0.5, 0.6) is 5.75 Å². The first-order valence-corrected chi connectivity index (χ1v) is 10.4. The minimum Gasteiger partial charge on any atom is -0.488 e. The molecule has 0 aliphatic carbocycles. The standard InChI is InChI=1S/C24H17BrClN3O/c1-15-6-8-21-22(10-15)29-24(28-21)18(13-27)11-17-12-19(25)7-9-23(17)30-14-16-4-2-3-5-20(16)26/h2-12H,14H2,1H3,(H,28,29)/b18-11-. The van der Waals surface area contributed by atoms with Crippen LogP contribution in [-0.2, 0) is 6.61 Å². The molecule has 0 fully saturated rings. The lowest BCUT2D eigenvalue weighted by Gasteiger charge is -2.11. The number of nitriles is 1. The Morgan fingerprint density at radius 1 is 1.20 bits per heavy atom. The molecular formula is C24H17BrClN3O. The van der Waals surface area contributed by atoms with Crippen LogP contribution in [0.4, 0.5) is 0 Å². The SMILES string of the molecule is Cc1ccc2nc(/C(C#N)=C\c3cc(Br)ccc3OCc3ccccc3Cl)[nH]c2c1. The quantitative estimate of drug-likeness (QED) is 0.316. The van der Waals surface area contributed by atoms with Crippen LogP contribution < -0.4 is 4.74 Å². The van der Waals surface area contributed by atoms with Gasteiger partial charge in [0.25, 0.3) is 0 Å². The number of aromatic nitrogens is 2. The third-order valence-electron chi connectivity index (χ3n) is 4.63. The highest BCUT2D eigenvalue weighted by Gasteiger charge is 2.11. The Morgan fingerprint density at radius 3 is 2.83 bits per heavy atom. The van der Waals surface area contributed by atoms with E-state index in [4.69, 9.17) is 16.3 Å². The van der Waals surface area contributed by atoms with Gasteiger partial charge in [0.2, 0.25) is 0 Å². The molecule has 30 heavy (non-hydrogen) atoms. The van der Waals surface area contributed by atoms with E-state index in [1.54, 1.807) is 6.08 Å². The molecule has 0 atom stereocenters. The first-order valence-electron chi connectivity index (χ1n) is 9.28. The maximum Gasteiger partial charge on any atom is 0.149 e. The molecule has 0 unspecified atom stereocenters. The van der Waals surface area contributed by atoms with Crippen LogP contribution >= 0.6 is 27.5 Å². The van der Waals surface area contributed by atoms with Crippen molar-refractivity contribution in [2.45, 2.75) is 13.5 Å². The van der Waals surface area contributed by atoms with E-state index in [0.29, 0.717) is 28.8 Å². The van der Waals surface area contributed by atoms with Crippen LogP contribution in [0, 0.1) is 18.3 Å². The summed E-state index contributed by atoms with van der Waals surface area (Å²) < 4.78 is 6.91. The van der Waals surface area contributed by atoms with E-state index in [1.165, 1.54) is 0 Å². The number of aromatic amines is 1. The van der Waals surface area contributed by atoms with Gasteiger partial charge >= 0.3 is 0 Å². The maximum absolute atomic E-state index is 9.78. The van der Waals surface area contributed by atoms with Gasteiger partial charge in [-0.25, -0.2) is 4.98 Å². The fourth-order valence-corrected chi connectivity index (χ4v) is 3.66. The highest BCUT2D eigenvalue weighted by Crippen LogP contribution is 2.29. The number of nitrogens with zero attached hydrogens (tertiary/aromatic N) is 2. The van der Waals surface area contributed by atoms with Crippen LogP contribution in [0.2, 0.25) is 5.02 Å². The number of halogens is 2. The van der Waals surface area contributed by atoms with E-state index in [9.17, 15) is 5.26 Å². The van der Waals surface area contributed by atoms with Gasteiger partial charge in [-0.15, -0.1) is 0 Å². The Bertz CT molecular complexity index is 1300. The monoisotopic (exact) mass is 477 g/mol. The van der Waals surface area contributed by atoms with E-state index in [-0.39, 0.29) is 0 Å². The topological polar surface area (TPSA) is 61.7 Å². The molecule has 3 aromatic carbocycles. The lowest BCUT2D eigenvalue weighted by atomic mass is 10.1. The predicted octanol–water partition coefficient (Wildman–Crippen LogP) is 6.93. The summed E-state index contributed by atoms with van der Waals surface area (Å²) in [5, 5.41) is 10.4. The zero-order valence-electron chi connectivity index (χ0n) is 16.1. The van der Waals surface area contributed by atoms with Gasteiger partial charge in [-0.1, -0.05) is 51.8 Å². The van der Waals surface area contributed by atoms with E-state index in [2.05, 4.69) is 32.0 Å². The van der Waals surface area contributed by atoms with Crippen molar-refractivity contribution in [2.24, 2.45) is 0 Å². The number of benzene rings is 3. The van der Waals surface area contributed by atoms with Gasteiger partial charge < -0.3 is 9.72 Å². The minimum absolute atomic E-state index is 0.327. The van der Waals surface area contributed by atoms with Crippen molar-refractivity contribution >= 4 is 50.2 Å². The minimum atomic E-state index is 0.327. The van der Waals surface area contributed by atoms with Crippen molar-refractivity contribution in [3.63, 3.8) is 0 Å². The fourth-order valence-electron chi connectivity index (χ4n) is 3.09. The Morgan fingerprint density at radius 2 is 2.03 bits per heavy atom. The predicted molar refractivity (Wildman–Crippen MR) is 124 cm³/mol. The van der Waals surface area contributed by atoms with Crippen molar-refractivity contribution in [1.29, 1.82) is 5.26 Å². The zero-order valence-corrected chi connectivity index (χ0v) is 18.5. The van der Waals surface area contributed by atoms with Crippen LogP contribution in [0.15, 0.2) is 65.1 Å². The lowest BCUT2D eigenvalue weighted by Crippen LogP contribution is -1.98. The Balaban J connectivity index is 1.69. The van der Waals surface area contributed by atoms with Gasteiger partial charge in [0.05, 0.1) is 16.6 Å². The number of aryl methyl sites for hydroxylation is 1. The molecule has 1 aromatic heterocycles. The average molecular weight is 479 g/mol. The molecule has 0 aliphatic heterocycles. The van der Waals surface area contributed by atoms with E-state index >= 15 is 0 Å². The van der Waals surface area contributed by atoms with Crippen LogP contribution in [0.3, 0.4) is 0 Å². The summed E-state index contributed by atoms with van der Waals surface area (Å²) in [6, 6.07) is 21.4. The molecule has 1 N–H and O–H groups in total. The highest BCUT2D eigenvalue weighted by atomic mass is 79.9. The van der Waals surface area contributed by atoms with Gasteiger partial charge in [-0.05, 0) is 55.0 Å². The molecule has 0 radical (unpaired) electrons. The molecule has 1 heterocycles. The fraction of sp³-hybridized carbons (Fsp3) is 0.0833. The summed E-state index contributed by atoms with van der Waals surface area (Å²) in [5.41, 5.74) is 4.93. The Hall–Kier alpha value is -3.07. The second-order valence-electron chi connectivity index (χ2n) is 6.84. The summed E-state index contributed by atoms with van der Waals surface area (Å²) in [6.07, 6.45) is 1.78. The molecule has 0 saturated heterocycles. The van der Waals surface area contributed by atoms with Gasteiger partial charge in [0.15, 0.2) is 0 Å². The highest BCUT2D eigenvalue weighted by molar-refractivity contribution is 9.10. The number of H-pyrrole nitrogens is 1. The first kappa shape index (κ1) is 20.2. The van der Waals surface area contributed by atoms with E-state index in [0.717, 1.165) is 32.2 Å². The third kappa shape index (κ3) is 4.40. The number of hydrogen-bond acceptors (Lipinski definition) is 3. The van der Waals surface area contributed by atoms with Crippen molar-refractivity contribution in [3.8, 4) is 11.8 Å². The maximum atomic E-state index is 9.78. The molecule has 0 amide bonds. The number of hydrogen-bond donors (Lipinski definition) is 1. The van der Waals surface area contributed by atoms with Crippen molar-refractivity contribution in [3.05, 3.63) is 92.7 Å². The first-order chi connectivity index (χ1) is 14.5. The largest absolute Gasteiger partial charge is 0.488 e. The molecule has 148 valence electrons. The van der Waals surface area contributed by atoms with Crippen molar-refractivity contribution in [1.82, 2.24) is 9.97 Å². The number of rotatable bonds is 5. The molecule has 0 saturated carbocycles. The Kier molecular flexibility index (Phi) is 5.89. The summed E-state index contributed by atoms with van der Waals surface area (Å²) >= 11 is 9.73. The zero-order chi connectivity index (χ0) is 21.1. The van der Waals surface area contributed by atoms with E-state index in [1.807, 2.05) is 67.6 Å². The third-order valence-corrected chi connectivity index (χ3v) is 5.49. The van der Waals surface area contributed by atoms with Gasteiger partial charge in [-0.2, -0.15) is 5.26 Å². The molecule has 6 heteroatoms. The molecule has 0 bridgehead atoms. The van der Waals surface area contributed by atoms with Gasteiger partial charge in [0, 0.05) is 20.6 Å². The number of fused-ring (bicyclic) bond motifs is 1. The van der Waals surface area contributed by atoms with Crippen LogP contribution in [-0.4, -0.2) is 9.97 Å². The van der Waals surface area contributed by atoms with Crippen molar-refractivity contribution < 1.29 is 4.74 Å². The summed E-state index contributed by atoms with van der Waals surface area (Å²) in [5.74, 6) is 1.17. The molecule has 0 spiro atoms. The molecule has 4 nitrogen and oxygen atoms in total. The van der Waals surface area contributed by atoms with Crippen LogP contribution in [0.1, 0.15) is 22.5 Å². The van der Waals surface area contributed by atoms with Gasteiger partial charge in [-0.3, -0.25) is 0 Å². The number of allylic oxidation sites excluding steroid dienone is 1. The summed E-state index contributed by atoms with van der Waals surface area (Å²) in [7, 11) is 0. The molecular weight excluding hydrogens is 462 g/mol. The molecule has 4 rings (SSSR count). The molecule has 4 aromatic rings. The van der Waals surface area contributed by atoms with Gasteiger partial charge in [0.1, 0.15) is 24.3 Å². The normalized spacial score (nSPS) is 11.5. The smallest absolute Gasteiger partial charge is 0.149 e. The number of nitrogens with one attached hydrogen (secondary N) is 1. The summed E-state index contributed by atoms with van der Waals surface area (Å²) in [4.78, 5) is 7.80. The lowest BCUT2D eigenvalue weighted by molar-refractivity contribution is 0.305. The molecule has 0 aliphatic rings. The second-order valence-corrected chi connectivity index (χ2v) is 8.16. The summed E-state index contributed by atoms with van der Waals surface area (Å²) in [6.45, 7) is 2.35. The number of imidazole rings is 1.